The number of benzene rings is 1. The van der Waals surface area contributed by atoms with Gasteiger partial charge in [0.1, 0.15) is 11.4 Å². The van der Waals surface area contributed by atoms with E-state index in [2.05, 4.69) is 11.4 Å². The summed E-state index contributed by atoms with van der Waals surface area (Å²) >= 11 is 0. The zero-order valence-electron chi connectivity index (χ0n) is 11.7. The Morgan fingerprint density at radius 3 is 3.00 bits per heavy atom. The van der Waals surface area contributed by atoms with Gasteiger partial charge < -0.3 is 19.9 Å². The molecule has 0 aromatic heterocycles. The third-order valence-corrected chi connectivity index (χ3v) is 3.14. The molecule has 0 spiro atoms. The molecule has 1 saturated heterocycles. The first-order valence-electron chi connectivity index (χ1n) is 6.84. The van der Waals surface area contributed by atoms with Crippen LogP contribution in [0, 0.1) is 0 Å². The van der Waals surface area contributed by atoms with E-state index in [0.717, 1.165) is 17.9 Å². The highest BCUT2D eigenvalue weighted by Crippen LogP contribution is 2.18. The number of aliphatic hydroxyl groups is 1. The Morgan fingerprint density at radius 2 is 2.32 bits per heavy atom. The van der Waals surface area contributed by atoms with Gasteiger partial charge in [-0.3, -0.25) is 0 Å². The van der Waals surface area contributed by atoms with Crippen molar-refractivity contribution in [2.24, 2.45) is 0 Å². The van der Waals surface area contributed by atoms with Gasteiger partial charge in [-0.2, -0.15) is 0 Å². The number of ether oxygens (including phenoxy) is 2. The number of hydrogen-bond donors (Lipinski definition) is 2. The molecular formula is C15H23NO3. The molecule has 1 aromatic carbocycles. The Hall–Kier alpha value is -1.10. The molecular weight excluding hydrogens is 242 g/mol. The Morgan fingerprint density at radius 1 is 1.47 bits per heavy atom. The van der Waals surface area contributed by atoms with Crippen molar-refractivity contribution < 1.29 is 14.6 Å². The maximum atomic E-state index is 10.1. The van der Waals surface area contributed by atoms with E-state index in [-0.39, 0.29) is 6.10 Å². The summed E-state index contributed by atoms with van der Waals surface area (Å²) < 4.78 is 10.9. The lowest BCUT2D eigenvalue weighted by atomic mass is 10.0. The summed E-state index contributed by atoms with van der Waals surface area (Å²) in [5.41, 5.74) is 0.451. The van der Waals surface area contributed by atoms with E-state index in [1.54, 1.807) is 0 Å². The Balaban J connectivity index is 1.82. The van der Waals surface area contributed by atoms with Gasteiger partial charge in [0.2, 0.25) is 0 Å². The number of hydrogen-bond acceptors (Lipinski definition) is 4. The van der Waals surface area contributed by atoms with Crippen molar-refractivity contribution in [2.45, 2.75) is 38.5 Å². The zero-order chi connectivity index (χ0) is 13.7. The second-order valence-electron chi connectivity index (χ2n) is 5.44. The Labute approximate surface area is 114 Å². The van der Waals surface area contributed by atoms with Gasteiger partial charge in [-0.25, -0.2) is 0 Å². The molecule has 2 N–H and O–H groups in total. The van der Waals surface area contributed by atoms with Gasteiger partial charge in [-0.1, -0.05) is 12.1 Å². The van der Waals surface area contributed by atoms with Crippen LogP contribution in [-0.4, -0.2) is 36.6 Å². The highest BCUT2D eigenvalue weighted by Gasteiger charge is 2.31. The van der Waals surface area contributed by atoms with Crippen molar-refractivity contribution >= 4 is 0 Å². The van der Waals surface area contributed by atoms with Crippen LogP contribution in [0.4, 0.5) is 0 Å². The first kappa shape index (κ1) is 14.3. The first-order valence-corrected chi connectivity index (χ1v) is 6.84. The third-order valence-electron chi connectivity index (χ3n) is 3.14. The lowest BCUT2D eigenvalue weighted by molar-refractivity contribution is 0.0268. The average Bonchev–Trinajstić information content (AvgIpc) is 2.76. The molecule has 1 aliphatic heterocycles. The van der Waals surface area contributed by atoms with E-state index >= 15 is 0 Å². The molecule has 106 valence electrons. The van der Waals surface area contributed by atoms with Crippen LogP contribution in [0.5, 0.6) is 5.75 Å². The van der Waals surface area contributed by atoms with Crippen LogP contribution < -0.4 is 10.1 Å². The smallest absolute Gasteiger partial charge is 0.120 e. The summed E-state index contributed by atoms with van der Waals surface area (Å²) in [6.45, 7) is 6.38. The third kappa shape index (κ3) is 4.49. The van der Waals surface area contributed by atoms with Crippen molar-refractivity contribution in [1.82, 2.24) is 5.32 Å². The molecule has 1 fully saturated rings. The van der Waals surface area contributed by atoms with E-state index < -0.39 is 5.60 Å². The lowest BCUT2D eigenvalue weighted by Gasteiger charge is -2.20. The maximum absolute atomic E-state index is 10.1. The standard InChI is InChI=1S/C15H23NO3/c1-12(2)19-14-5-3-4-13(8-14)9-16-10-15(17)6-7-18-11-15/h3-5,8,12,16-17H,6-7,9-11H2,1-2H3. The summed E-state index contributed by atoms with van der Waals surface area (Å²) in [7, 11) is 0. The molecule has 1 aliphatic rings. The van der Waals surface area contributed by atoms with Gasteiger partial charge in [0.25, 0.3) is 0 Å². The minimum absolute atomic E-state index is 0.180. The summed E-state index contributed by atoms with van der Waals surface area (Å²) in [5.74, 6) is 0.886. The molecule has 0 saturated carbocycles. The molecule has 2 rings (SSSR count). The van der Waals surface area contributed by atoms with Crippen LogP contribution in [0.3, 0.4) is 0 Å². The summed E-state index contributed by atoms with van der Waals surface area (Å²) in [6.07, 6.45) is 0.885. The molecule has 0 radical (unpaired) electrons. The van der Waals surface area contributed by atoms with Gasteiger partial charge in [-0.05, 0) is 31.5 Å². The molecule has 4 nitrogen and oxygen atoms in total. The molecule has 1 heterocycles. The number of rotatable bonds is 6. The second kappa shape index (κ2) is 6.37. The highest BCUT2D eigenvalue weighted by atomic mass is 16.5. The Bertz CT molecular complexity index is 400. The largest absolute Gasteiger partial charge is 0.491 e. The summed E-state index contributed by atoms with van der Waals surface area (Å²) in [4.78, 5) is 0. The van der Waals surface area contributed by atoms with Crippen LogP contribution in [0.1, 0.15) is 25.8 Å². The van der Waals surface area contributed by atoms with E-state index in [1.165, 1.54) is 0 Å². The molecule has 4 heteroatoms. The zero-order valence-corrected chi connectivity index (χ0v) is 11.7. The van der Waals surface area contributed by atoms with Gasteiger partial charge >= 0.3 is 0 Å². The van der Waals surface area contributed by atoms with Crippen molar-refractivity contribution in [1.29, 1.82) is 0 Å². The molecule has 0 bridgehead atoms. The van der Waals surface area contributed by atoms with E-state index in [9.17, 15) is 5.11 Å². The SMILES string of the molecule is CC(C)Oc1cccc(CNCC2(O)CCOC2)c1. The molecule has 0 amide bonds. The fourth-order valence-corrected chi connectivity index (χ4v) is 2.18. The normalized spacial score (nSPS) is 22.9. The first-order chi connectivity index (χ1) is 9.07. The molecule has 1 aromatic rings. The van der Waals surface area contributed by atoms with Crippen molar-refractivity contribution in [3.63, 3.8) is 0 Å². The highest BCUT2D eigenvalue weighted by molar-refractivity contribution is 5.28. The van der Waals surface area contributed by atoms with Crippen LogP contribution in [0.2, 0.25) is 0 Å². The van der Waals surface area contributed by atoms with Crippen LogP contribution in [0.15, 0.2) is 24.3 Å². The van der Waals surface area contributed by atoms with Crippen molar-refractivity contribution in [3.8, 4) is 5.75 Å². The molecule has 1 unspecified atom stereocenters. The van der Waals surface area contributed by atoms with E-state index in [1.807, 2.05) is 32.0 Å². The fraction of sp³-hybridized carbons (Fsp3) is 0.600. The topological polar surface area (TPSA) is 50.7 Å². The average molecular weight is 265 g/mol. The van der Waals surface area contributed by atoms with Gasteiger partial charge in [-0.15, -0.1) is 0 Å². The van der Waals surface area contributed by atoms with E-state index in [0.29, 0.717) is 26.2 Å². The monoisotopic (exact) mass is 265 g/mol. The minimum Gasteiger partial charge on any atom is -0.491 e. The molecule has 19 heavy (non-hydrogen) atoms. The summed E-state index contributed by atoms with van der Waals surface area (Å²) in [5, 5.41) is 13.4. The second-order valence-corrected chi connectivity index (χ2v) is 5.44. The van der Waals surface area contributed by atoms with Crippen LogP contribution >= 0.6 is 0 Å². The Kier molecular flexibility index (Phi) is 4.80. The van der Waals surface area contributed by atoms with Gasteiger partial charge in [0.15, 0.2) is 0 Å². The predicted octanol–water partition coefficient (Wildman–Crippen LogP) is 1.71. The predicted molar refractivity (Wildman–Crippen MR) is 74.3 cm³/mol. The molecule has 1 atom stereocenters. The van der Waals surface area contributed by atoms with Crippen LogP contribution in [-0.2, 0) is 11.3 Å². The van der Waals surface area contributed by atoms with Crippen LogP contribution in [0.25, 0.3) is 0 Å². The quantitative estimate of drug-likeness (QED) is 0.822. The van der Waals surface area contributed by atoms with Gasteiger partial charge in [0.05, 0.1) is 12.7 Å². The van der Waals surface area contributed by atoms with E-state index in [4.69, 9.17) is 9.47 Å². The van der Waals surface area contributed by atoms with Crippen molar-refractivity contribution in [3.05, 3.63) is 29.8 Å². The lowest BCUT2D eigenvalue weighted by Crippen LogP contribution is -2.40. The van der Waals surface area contributed by atoms with Crippen molar-refractivity contribution in [2.75, 3.05) is 19.8 Å². The number of nitrogens with one attached hydrogen (secondary N) is 1. The van der Waals surface area contributed by atoms with Gasteiger partial charge in [0, 0.05) is 26.1 Å². The maximum Gasteiger partial charge on any atom is 0.120 e. The fourth-order valence-electron chi connectivity index (χ4n) is 2.18. The summed E-state index contributed by atoms with van der Waals surface area (Å²) in [6, 6.07) is 8.03. The molecule has 0 aliphatic carbocycles. The minimum atomic E-state index is -0.702.